The second-order valence-corrected chi connectivity index (χ2v) is 8.51. The van der Waals surface area contributed by atoms with E-state index in [9.17, 15) is 15.0 Å². The number of hydrogen-bond donors (Lipinski definition) is 2. The summed E-state index contributed by atoms with van der Waals surface area (Å²) in [6.07, 6.45) is 3.64. The summed E-state index contributed by atoms with van der Waals surface area (Å²) in [5, 5.41) is 21.0. The van der Waals surface area contributed by atoms with Gasteiger partial charge in [0.05, 0.1) is 0 Å². The van der Waals surface area contributed by atoms with E-state index < -0.39 is 11.6 Å². The van der Waals surface area contributed by atoms with Crippen molar-refractivity contribution < 1.29 is 15.0 Å². The molecular formula is C21H22INO3. The summed E-state index contributed by atoms with van der Waals surface area (Å²) in [7, 11) is 0. The van der Waals surface area contributed by atoms with Crippen LogP contribution < -0.4 is 0 Å². The molecule has 3 saturated heterocycles. The van der Waals surface area contributed by atoms with E-state index in [0.717, 1.165) is 34.6 Å². The first-order chi connectivity index (χ1) is 12.5. The number of rotatable bonds is 4. The Hall–Kier alpha value is -1.44. The fourth-order valence-corrected chi connectivity index (χ4v) is 5.10. The molecule has 0 saturated carbocycles. The molecule has 0 aliphatic carbocycles. The number of fused-ring (bicyclic) bond motifs is 3. The largest absolute Gasteiger partial charge is 0.479 e. The van der Waals surface area contributed by atoms with E-state index in [4.69, 9.17) is 0 Å². The Morgan fingerprint density at radius 3 is 2.35 bits per heavy atom. The van der Waals surface area contributed by atoms with Gasteiger partial charge < -0.3 is 10.2 Å². The van der Waals surface area contributed by atoms with Crippen molar-refractivity contribution in [3.63, 3.8) is 0 Å². The minimum atomic E-state index is -2.04. The lowest BCUT2D eigenvalue weighted by Gasteiger charge is -2.46. The summed E-state index contributed by atoms with van der Waals surface area (Å²) in [4.78, 5) is 14.6. The first-order valence-electron chi connectivity index (χ1n) is 9.05. The number of piperidine rings is 3. The van der Waals surface area contributed by atoms with Crippen molar-refractivity contribution >= 4 is 28.6 Å². The number of carboxylic acids is 1. The highest BCUT2D eigenvalue weighted by molar-refractivity contribution is 14.1. The lowest BCUT2D eigenvalue weighted by atomic mass is 9.79. The van der Waals surface area contributed by atoms with Crippen molar-refractivity contribution in [3.05, 3.63) is 68.8 Å². The van der Waals surface area contributed by atoms with Crippen LogP contribution in [0.4, 0.5) is 0 Å². The molecule has 3 heterocycles. The summed E-state index contributed by atoms with van der Waals surface area (Å²) in [6.45, 7) is 2.22. The molecule has 0 radical (unpaired) electrons. The van der Waals surface area contributed by atoms with Gasteiger partial charge in [0.1, 0.15) is 0 Å². The van der Waals surface area contributed by atoms with E-state index in [0.29, 0.717) is 17.2 Å². The predicted octanol–water partition coefficient (Wildman–Crippen LogP) is 3.77. The first-order valence-corrected chi connectivity index (χ1v) is 10.1. The third-order valence-electron chi connectivity index (χ3n) is 5.92. The standard InChI is InChI=1S/C21H22INO3/c22-18-7-6-16(21(26,20(24)25)15-4-2-1-3-5-15)13-17(18)19-12-14-8-10-23(19)11-9-14/h1-7,13-14,19,26H,8-12H2,(H,24,25)/t19-,21-/m1/s1. The van der Waals surface area contributed by atoms with Gasteiger partial charge in [0.2, 0.25) is 5.60 Å². The van der Waals surface area contributed by atoms with E-state index >= 15 is 0 Å². The Kier molecular flexibility index (Phi) is 4.79. The molecule has 0 aromatic heterocycles. The molecule has 3 fully saturated rings. The number of carbonyl (C=O) groups is 1. The quantitative estimate of drug-likeness (QED) is 0.678. The first kappa shape index (κ1) is 17.9. The Balaban J connectivity index is 1.79. The Morgan fingerprint density at radius 1 is 1.08 bits per heavy atom. The predicted molar refractivity (Wildman–Crippen MR) is 108 cm³/mol. The van der Waals surface area contributed by atoms with Gasteiger partial charge in [0.25, 0.3) is 0 Å². The van der Waals surface area contributed by atoms with Crippen molar-refractivity contribution in [2.75, 3.05) is 13.1 Å². The van der Waals surface area contributed by atoms with Crippen LogP contribution in [-0.4, -0.2) is 34.2 Å². The Bertz CT molecular complexity index is 817. The van der Waals surface area contributed by atoms with Crippen LogP contribution in [0.3, 0.4) is 0 Å². The van der Waals surface area contributed by atoms with Crippen LogP contribution in [0.5, 0.6) is 0 Å². The normalized spacial score (nSPS) is 27.1. The molecule has 2 bridgehead atoms. The van der Waals surface area contributed by atoms with Crippen molar-refractivity contribution in [2.45, 2.75) is 30.9 Å². The molecule has 5 heteroatoms. The summed E-state index contributed by atoms with van der Waals surface area (Å²) in [5.41, 5.74) is -0.0916. The van der Waals surface area contributed by atoms with E-state index in [2.05, 4.69) is 27.5 Å². The lowest BCUT2D eigenvalue weighted by Crippen LogP contribution is -2.44. The summed E-state index contributed by atoms with van der Waals surface area (Å²) in [6, 6.07) is 14.6. The number of halogens is 1. The smallest absolute Gasteiger partial charge is 0.345 e. The molecule has 3 aliphatic heterocycles. The molecule has 5 rings (SSSR count). The van der Waals surface area contributed by atoms with Crippen molar-refractivity contribution in [1.82, 2.24) is 4.90 Å². The topological polar surface area (TPSA) is 60.8 Å². The molecule has 0 amide bonds. The second-order valence-electron chi connectivity index (χ2n) is 7.35. The number of hydrogen-bond acceptors (Lipinski definition) is 3. The monoisotopic (exact) mass is 463 g/mol. The highest BCUT2D eigenvalue weighted by Gasteiger charge is 2.41. The molecule has 2 aromatic rings. The minimum Gasteiger partial charge on any atom is -0.479 e. The van der Waals surface area contributed by atoms with Crippen LogP contribution in [0.15, 0.2) is 48.5 Å². The van der Waals surface area contributed by atoms with E-state index in [1.165, 1.54) is 12.8 Å². The van der Waals surface area contributed by atoms with E-state index in [1.54, 1.807) is 30.3 Å². The lowest BCUT2D eigenvalue weighted by molar-refractivity contribution is -0.155. The van der Waals surface area contributed by atoms with Crippen LogP contribution >= 0.6 is 22.6 Å². The molecule has 0 spiro atoms. The molecule has 136 valence electrons. The third kappa shape index (κ3) is 2.96. The highest BCUT2D eigenvalue weighted by atomic mass is 127. The van der Waals surface area contributed by atoms with Gasteiger partial charge in [-0.1, -0.05) is 36.4 Å². The molecular weight excluding hydrogens is 441 g/mol. The number of nitrogens with zero attached hydrogens (tertiary/aromatic N) is 1. The Morgan fingerprint density at radius 2 is 1.77 bits per heavy atom. The van der Waals surface area contributed by atoms with Crippen molar-refractivity contribution in [2.24, 2.45) is 5.92 Å². The molecule has 2 N–H and O–H groups in total. The van der Waals surface area contributed by atoms with Crippen molar-refractivity contribution in [3.8, 4) is 0 Å². The minimum absolute atomic E-state index is 0.322. The van der Waals surface area contributed by atoms with Crippen molar-refractivity contribution in [1.29, 1.82) is 0 Å². The van der Waals surface area contributed by atoms with Gasteiger partial charge in [0.15, 0.2) is 0 Å². The number of aliphatic hydroxyl groups is 1. The van der Waals surface area contributed by atoms with E-state index in [1.807, 2.05) is 18.2 Å². The van der Waals surface area contributed by atoms with Crippen LogP contribution in [0, 0.1) is 9.49 Å². The van der Waals surface area contributed by atoms with Crippen LogP contribution in [0.1, 0.15) is 42.0 Å². The zero-order chi connectivity index (χ0) is 18.3. The number of aliphatic carboxylic acids is 1. The SMILES string of the molecule is O=C(O)[C@@](O)(c1ccccc1)c1ccc(I)c([C@H]2CC3CCN2CC3)c1. The van der Waals surface area contributed by atoms with Gasteiger partial charge in [-0.05, 0) is 89.7 Å². The van der Waals surface area contributed by atoms with Crippen LogP contribution in [0.2, 0.25) is 0 Å². The van der Waals surface area contributed by atoms with Gasteiger partial charge in [-0.3, -0.25) is 4.90 Å². The third-order valence-corrected chi connectivity index (χ3v) is 6.90. The maximum atomic E-state index is 12.1. The molecule has 2 aromatic carbocycles. The van der Waals surface area contributed by atoms with Crippen LogP contribution in [0.25, 0.3) is 0 Å². The molecule has 26 heavy (non-hydrogen) atoms. The average Bonchev–Trinajstić information content (AvgIpc) is 2.69. The molecule has 0 unspecified atom stereocenters. The summed E-state index contributed by atoms with van der Waals surface area (Å²) >= 11 is 2.33. The zero-order valence-corrected chi connectivity index (χ0v) is 16.6. The summed E-state index contributed by atoms with van der Waals surface area (Å²) in [5.74, 6) is -0.488. The maximum Gasteiger partial charge on any atom is 0.345 e. The van der Waals surface area contributed by atoms with Gasteiger partial charge in [-0.15, -0.1) is 0 Å². The maximum absolute atomic E-state index is 12.1. The number of benzene rings is 2. The molecule has 2 atom stereocenters. The molecule has 4 nitrogen and oxygen atoms in total. The molecule has 3 aliphatic rings. The fraction of sp³-hybridized carbons (Fsp3) is 0.381. The van der Waals surface area contributed by atoms with Gasteiger partial charge in [0, 0.05) is 9.61 Å². The van der Waals surface area contributed by atoms with Gasteiger partial charge in [-0.25, -0.2) is 4.79 Å². The van der Waals surface area contributed by atoms with Gasteiger partial charge >= 0.3 is 5.97 Å². The van der Waals surface area contributed by atoms with Crippen LogP contribution in [-0.2, 0) is 10.4 Å². The zero-order valence-electron chi connectivity index (χ0n) is 14.4. The second kappa shape index (κ2) is 6.94. The Labute approximate surface area is 167 Å². The average molecular weight is 463 g/mol. The highest BCUT2D eigenvalue weighted by Crippen LogP contribution is 2.43. The summed E-state index contributed by atoms with van der Waals surface area (Å²) < 4.78 is 1.13. The van der Waals surface area contributed by atoms with Gasteiger partial charge in [-0.2, -0.15) is 0 Å². The number of carboxylic acid groups (broad SMARTS) is 1. The fourth-order valence-electron chi connectivity index (χ4n) is 4.41. The van der Waals surface area contributed by atoms with E-state index in [-0.39, 0.29) is 0 Å².